The molecular weight excluding hydrogens is 501 g/mol. The summed E-state index contributed by atoms with van der Waals surface area (Å²) in [6.45, 7) is 17.9. The number of guanidine groups is 1. The van der Waals surface area contributed by atoms with Crippen LogP contribution in [0.1, 0.15) is 46.1 Å². The standard InChI is InChI=1S/C23H43N7.HI/c1-6-24-23(27-20(4)11-10-14-29(7-2)8-3)26-19-21-12-9-13-25-22(21)30-17-15-28(5)16-18-30;/h9,12-13,20H,6-8,10-11,14-19H2,1-5H3,(H2,24,26,27);1H. The number of rotatable bonds is 11. The highest BCUT2D eigenvalue weighted by molar-refractivity contribution is 14.0. The monoisotopic (exact) mass is 545 g/mol. The zero-order valence-corrected chi connectivity index (χ0v) is 22.6. The minimum absolute atomic E-state index is 0. The molecule has 0 saturated carbocycles. The molecule has 1 fully saturated rings. The van der Waals surface area contributed by atoms with Crippen molar-refractivity contribution < 1.29 is 0 Å². The van der Waals surface area contributed by atoms with Crippen molar-refractivity contribution >= 4 is 35.8 Å². The molecule has 31 heavy (non-hydrogen) atoms. The van der Waals surface area contributed by atoms with Crippen molar-refractivity contribution in [3.05, 3.63) is 23.9 Å². The van der Waals surface area contributed by atoms with Gasteiger partial charge in [-0.3, -0.25) is 0 Å². The summed E-state index contributed by atoms with van der Waals surface area (Å²) in [6, 6.07) is 4.56. The molecular formula is C23H44IN7. The predicted octanol–water partition coefficient (Wildman–Crippen LogP) is 3.02. The fraction of sp³-hybridized carbons (Fsp3) is 0.739. The molecule has 2 N–H and O–H groups in total. The third-order valence-electron chi connectivity index (χ3n) is 5.81. The van der Waals surface area contributed by atoms with Crippen molar-refractivity contribution in [2.75, 3.05) is 64.3 Å². The summed E-state index contributed by atoms with van der Waals surface area (Å²) < 4.78 is 0. The Kier molecular flexibility index (Phi) is 14.1. The van der Waals surface area contributed by atoms with E-state index in [0.717, 1.165) is 70.6 Å². The number of anilines is 1. The molecule has 8 heteroatoms. The molecule has 0 aromatic carbocycles. The molecule has 0 amide bonds. The molecule has 2 rings (SSSR count). The van der Waals surface area contributed by atoms with Gasteiger partial charge in [-0.05, 0) is 59.4 Å². The van der Waals surface area contributed by atoms with Crippen LogP contribution < -0.4 is 15.5 Å². The summed E-state index contributed by atoms with van der Waals surface area (Å²) in [5, 5.41) is 6.98. The van der Waals surface area contributed by atoms with Crippen molar-refractivity contribution in [2.24, 2.45) is 4.99 Å². The van der Waals surface area contributed by atoms with Gasteiger partial charge in [-0.2, -0.15) is 0 Å². The Hall–Kier alpha value is -1.13. The van der Waals surface area contributed by atoms with Gasteiger partial charge in [0.2, 0.25) is 0 Å². The van der Waals surface area contributed by atoms with Gasteiger partial charge in [0.15, 0.2) is 5.96 Å². The summed E-state index contributed by atoms with van der Waals surface area (Å²) in [4.78, 5) is 16.8. The lowest BCUT2D eigenvalue weighted by Gasteiger charge is -2.34. The van der Waals surface area contributed by atoms with Gasteiger partial charge in [-0.15, -0.1) is 24.0 Å². The van der Waals surface area contributed by atoms with Gasteiger partial charge in [-0.25, -0.2) is 9.98 Å². The largest absolute Gasteiger partial charge is 0.357 e. The first-order valence-corrected chi connectivity index (χ1v) is 11.7. The first kappa shape index (κ1) is 27.9. The van der Waals surface area contributed by atoms with E-state index in [1.807, 2.05) is 12.3 Å². The molecule has 178 valence electrons. The molecule has 0 radical (unpaired) electrons. The van der Waals surface area contributed by atoms with Crippen LogP contribution in [0.25, 0.3) is 0 Å². The van der Waals surface area contributed by atoms with Crippen LogP contribution >= 0.6 is 24.0 Å². The second-order valence-electron chi connectivity index (χ2n) is 8.19. The Morgan fingerprint density at radius 2 is 1.90 bits per heavy atom. The van der Waals surface area contributed by atoms with Gasteiger partial charge >= 0.3 is 0 Å². The van der Waals surface area contributed by atoms with Crippen LogP contribution in [0.4, 0.5) is 5.82 Å². The maximum atomic E-state index is 4.88. The summed E-state index contributed by atoms with van der Waals surface area (Å²) in [5.41, 5.74) is 1.19. The fourth-order valence-electron chi connectivity index (χ4n) is 3.81. The van der Waals surface area contributed by atoms with Crippen LogP contribution in [0.15, 0.2) is 23.3 Å². The maximum Gasteiger partial charge on any atom is 0.191 e. The summed E-state index contributed by atoms with van der Waals surface area (Å²) in [7, 11) is 2.18. The number of piperazine rings is 1. The smallest absolute Gasteiger partial charge is 0.191 e. The van der Waals surface area contributed by atoms with Crippen molar-refractivity contribution in [2.45, 2.75) is 53.1 Å². The number of aromatic nitrogens is 1. The highest BCUT2D eigenvalue weighted by Crippen LogP contribution is 2.19. The molecule has 1 aromatic rings. The molecule has 1 aliphatic rings. The first-order chi connectivity index (χ1) is 14.6. The second-order valence-corrected chi connectivity index (χ2v) is 8.19. The third kappa shape index (κ3) is 9.91. The Morgan fingerprint density at radius 3 is 2.55 bits per heavy atom. The number of halogens is 1. The molecule has 1 atom stereocenters. The number of nitrogens with zero attached hydrogens (tertiary/aromatic N) is 5. The van der Waals surface area contributed by atoms with Crippen LogP contribution in [0.5, 0.6) is 0 Å². The van der Waals surface area contributed by atoms with Crippen molar-refractivity contribution in [3.8, 4) is 0 Å². The van der Waals surface area contributed by atoms with Gasteiger partial charge in [0.1, 0.15) is 5.82 Å². The Labute approximate surface area is 207 Å². The summed E-state index contributed by atoms with van der Waals surface area (Å²) in [5.74, 6) is 1.97. The highest BCUT2D eigenvalue weighted by atomic mass is 127. The second kappa shape index (κ2) is 15.6. The number of aliphatic imine (C=N–C) groups is 1. The van der Waals surface area contributed by atoms with E-state index in [0.29, 0.717) is 12.6 Å². The van der Waals surface area contributed by atoms with Crippen molar-refractivity contribution in [1.29, 1.82) is 0 Å². The third-order valence-corrected chi connectivity index (χ3v) is 5.81. The molecule has 0 spiro atoms. The average Bonchev–Trinajstić information content (AvgIpc) is 2.76. The van der Waals surface area contributed by atoms with E-state index in [4.69, 9.17) is 4.99 Å². The highest BCUT2D eigenvalue weighted by Gasteiger charge is 2.18. The number of likely N-dealkylation sites (N-methyl/N-ethyl adjacent to an activating group) is 1. The van der Waals surface area contributed by atoms with Gasteiger partial charge in [-0.1, -0.05) is 19.9 Å². The lowest BCUT2D eigenvalue weighted by atomic mass is 10.2. The fourth-order valence-corrected chi connectivity index (χ4v) is 3.81. The summed E-state index contributed by atoms with van der Waals surface area (Å²) >= 11 is 0. The molecule has 1 saturated heterocycles. The molecule has 2 heterocycles. The van der Waals surface area contributed by atoms with E-state index in [2.05, 4.69) is 71.1 Å². The molecule has 1 unspecified atom stereocenters. The lowest BCUT2D eigenvalue weighted by Crippen LogP contribution is -2.45. The van der Waals surface area contributed by atoms with Crippen molar-refractivity contribution in [1.82, 2.24) is 25.4 Å². The van der Waals surface area contributed by atoms with Crippen LogP contribution in [-0.4, -0.2) is 86.2 Å². The summed E-state index contributed by atoms with van der Waals surface area (Å²) in [6.07, 6.45) is 4.23. The number of hydrogen-bond acceptors (Lipinski definition) is 5. The Balaban J connectivity index is 0.00000480. The number of nitrogens with one attached hydrogen (secondary N) is 2. The van der Waals surface area contributed by atoms with Crippen LogP contribution in [0.2, 0.25) is 0 Å². The van der Waals surface area contributed by atoms with E-state index < -0.39 is 0 Å². The maximum absolute atomic E-state index is 4.88. The molecule has 1 aliphatic heterocycles. The van der Waals surface area contributed by atoms with E-state index in [1.54, 1.807) is 0 Å². The quantitative estimate of drug-likeness (QED) is 0.253. The van der Waals surface area contributed by atoms with Crippen LogP contribution in [0, 0.1) is 0 Å². The minimum atomic E-state index is 0. The zero-order chi connectivity index (χ0) is 21.8. The first-order valence-electron chi connectivity index (χ1n) is 11.7. The molecule has 0 bridgehead atoms. The molecule has 7 nitrogen and oxygen atoms in total. The topological polar surface area (TPSA) is 59.0 Å². The van der Waals surface area contributed by atoms with E-state index in [1.165, 1.54) is 12.0 Å². The predicted molar refractivity (Wildman–Crippen MR) is 144 cm³/mol. The van der Waals surface area contributed by atoms with Gasteiger partial charge < -0.3 is 25.3 Å². The van der Waals surface area contributed by atoms with Crippen LogP contribution in [0.3, 0.4) is 0 Å². The lowest BCUT2D eigenvalue weighted by molar-refractivity contribution is 0.292. The SMILES string of the molecule is CCNC(=NCc1cccnc1N1CCN(C)CC1)NC(C)CCCN(CC)CC.I. The van der Waals surface area contributed by atoms with Gasteiger partial charge in [0, 0.05) is 50.5 Å². The number of pyridine rings is 1. The van der Waals surface area contributed by atoms with E-state index in [-0.39, 0.29) is 24.0 Å². The van der Waals surface area contributed by atoms with Crippen LogP contribution in [-0.2, 0) is 6.54 Å². The Bertz CT molecular complexity index is 628. The van der Waals surface area contributed by atoms with Gasteiger partial charge in [0.05, 0.1) is 6.54 Å². The minimum Gasteiger partial charge on any atom is -0.357 e. The van der Waals surface area contributed by atoms with Gasteiger partial charge in [0.25, 0.3) is 0 Å². The van der Waals surface area contributed by atoms with Crippen molar-refractivity contribution in [3.63, 3.8) is 0 Å². The van der Waals surface area contributed by atoms with E-state index >= 15 is 0 Å². The average molecular weight is 546 g/mol. The zero-order valence-electron chi connectivity index (χ0n) is 20.2. The Morgan fingerprint density at radius 1 is 1.19 bits per heavy atom. The molecule has 0 aliphatic carbocycles. The molecule has 1 aromatic heterocycles. The number of hydrogen-bond donors (Lipinski definition) is 2. The van der Waals surface area contributed by atoms with E-state index in [9.17, 15) is 0 Å². The normalized spacial score (nSPS) is 16.2.